The summed E-state index contributed by atoms with van der Waals surface area (Å²) in [7, 11) is 1.38. The highest BCUT2D eigenvalue weighted by Gasteiger charge is 2.05. The van der Waals surface area contributed by atoms with Crippen LogP contribution in [0.3, 0.4) is 0 Å². The SMILES string of the molecule is COC(=O)c1ccc([C@H](C)Br)cc1. The van der Waals surface area contributed by atoms with Gasteiger partial charge in [0.15, 0.2) is 0 Å². The molecule has 13 heavy (non-hydrogen) atoms. The van der Waals surface area contributed by atoms with Crippen molar-refractivity contribution in [3.05, 3.63) is 35.4 Å². The minimum absolute atomic E-state index is 0.297. The highest BCUT2D eigenvalue weighted by molar-refractivity contribution is 9.09. The summed E-state index contributed by atoms with van der Waals surface area (Å²) >= 11 is 3.44. The predicted molar refractivity (Wildman–Crippen MR) is 55.1 cm³/mol. The fourth-order valence-corrected chi connectivity index (χ4v) is 1.31. The van der Waals surface area contributed by atoms with Crippen LogP contribution >= 0.6 is 15.9 Å². The van der Waals surface area contributed by atoms with E-state index in [0.717, 1.165) is 5.56 Å². The topological polar surface area (TPSA) is 26.3 Å². The maximum Gasteiger partial charge on any atom is 0.337 e. The van der Waals surface area contributed by atoms with Gasteiger partial charge in [-0.2, -0.15) is 0 Å². The standard InChI is InChI=1S/C10H11BrO2/c1-7(11)8-3-5-9(6-4-8)10(12)13-2/h3-7H,1-2H3/t7-/m0/s1. The Morgan fingerprint density at radius 2 is 1.92 bits per heavy atom. The number of alkyl halides is 1. The summed E-state index contributed by atoms with van der Waals surface area (Å²) in [6.45, 7) is 2.03. The van der Waals surface area contributed by atoms with Crippen LogP contribution in [0.1, 0.15) is 27.7 Å². The van der Waals surface area contributed by atoms with Crippen LogP contribution in [-0.2, 0) is 4.74 Å². The zero-order valence-electron chi connectivity index (χ0n) is 7.58. The van der Waals surface area contributed by atoms with E-state index in [0.29, 0.717) is 10.4 Å². The van der Waals surface area contributed by atoms with E-state index in [4.69, 9.17) is 0 Å². The zero-order chi connectivity index (χ0) is 9.84. The zero-order valence-corrected chi connectivity index (χ0v) is 9.17. The van der Waals surface area contributed by atoms with Crippen molar-refractivity contribution < 1.29 is 9.53 Å². The van der Waals surface area contributed by atoms with Gasteiger partial charge in [0, 0.05) is 4.83 Å². The quantitative estimate of drug-likeness (QED) is 0.589. The van der Waals surface area contributed by atoms with Crippen molar-refractivity contribution in [2.75, 3.05) is 7.11 Å². The summed E-state index contributed by atoms with van der Waals surface area (Å²) in [5.41, 5.74) is 1.73. The van der Waals surface area contributed by atoms with Crippen LogP contribution in [0.25, 0.3) is 0 Å². The van der Waals surface area contributed by atoms with Gasteiger partial charge in [0.1, 0.15) is 0 Å². The lowest BCUT2D eigenvalue weighted by molar-refractivity contribution is 0.0600. The van der Waals surface area contributed by atoms with Crippen molar-refractivity contribution in [3.63, 3.8) is 0 Å². The van der Waals surface area contributed by atoms with Crippen LogP contribution in [0, 0.1) is 0 Å². The fraction of sp³-hybridized carbons (Fsp3) is 0.300. The maximum atomic E-state index is 11.1. The van der Waals surface area contributed by atoms with Gasteiger partial charge in [-0.15, -0.1) is 0 Å². The smallest absolute Gasteiger partial charge is 0.337 e. The second-order valence-corrected chi connectivity index (χ2v) is 4.10. The van der Waals surface area contributed by atoms with E-state index in [-0.39, 0.29) is 5.97 Å². The molecule has 0 amide bonds. The first-order valence-corrected chi connectivity index (χ1v) is 4.89. The largest absolute Gasteiger partial charge is 0.465 e. The van der Waals surface area contributed by atoms with Crippen molar-refractivity contribution in [2.24, 2.45) is 0 Å². The van der Waals surface area contributed by atoms with Gasteiger partial charge < -0.3 is 4.74 Å². The van der Waals surface area contributed by atoms with Crippen molar-refractivity contribution in [3.8, 4) is 0 Å². The minimum atomic E-state index is -0.297. The number of halogens is 1. The molecule has 0 saturated carbocycles. The van der Waals surface area contributed by atoms with Crippen LogP contribution in [0.4, 0.5) is 0 Å². The molecule has 0 fully saturated rings. The van der Waals surface area contributed by atoms with Gasteiger partial charge >= 0.3 is 5.97 Å². The second kappa shape index (κ2) is 4.42. The number of carbonyl (C=O) groups excluding carboxylic acids is 1. The summed E-state index contributed by atoms with van der Waals surface area (Å²) in [4.78, 5) is 11.4. The molecular weight excluding hydrogens is 232 g/mol. The molecule has 0 unspecified atom stereocenters. The van der Waals surface area contributed by atoms with Gasteiger partial charge in [0.05, 0.1) is 12.7 Å². The minimum Gasteiger partial charge on any atom is -0.465 e. The molecule has 0 saturated heterocycles. The van der Waals surface area contributed by atoms with Crippen molar-refractivity contribution >= 4 is 21.9 Å². The third kappa shape index (κ3) is 2.56. The third-order valence-electron chi connectivity index (χ3n) is 1.79. The number of esters is 1. The Kier molecular flexibility index (Phi) is 3.48. The molecular formula is C10H11BrO2. The first kappa shape index (κ1) is 10.3. The number of hydrogen-bond acceptors (Lipinski definition) is 2. The Morgan fingerprint density at radius 1 is 1.38 bits per heavy atom. The van der Waals surface area contributed by atoms with E-state index < -0.39 is 0 Å². The summed E-state index contributed by atoms with van der Waals surface area (Å²) in [5.74, 6) is -0.297. The molecule has 0 bridgehead atoms. The van der Waals surface area contributed by atoms with Gasteiger partial charge in [-0.25, -0.2) is 4.79 Å². The Bertz CT molecular complexity index is 290. The molecule has 0 N–H and O–H groups in total. The monoisotopic (exact) mass is 242 g/mol. The lowest BCUT2D eigenvalue weighted by atomic mass is 10.1. The average molecular weight is 243 g/mol. The average Bonchev–Trinajstić information content (AvgIpc) is 2.17. The van der Waals surface area contributed by atoms with Gasteiger partial charge in [0.25, 0.3) is 0 Å². The number of benzene rings is 1. The van der Waals surface area contributed by atoms with Crippen LogP contribution < -0.4 is 0 Å². The molecule has 0 radical (unpaired) electrons. The normalized spacial score (nSPS) is 12.2. The molecule has 0 heterocycles. The highest BCUT2D eigenvalue weighted by Crippen LogP contribution is 2.21. The number of carbonyl (C=O) groups is 1. The Labute approximate surface area is 86.0 Å². The predicted octanol–water partition coefficient (Wildman–Crippen LogP) is 2.93. The molecule has 0 spiro atoms. The van der Waals surface area contributed by atoms with Crippen molar-refractivity contribution in [2.45, 2.75) is 11.8 Å². The second-order valence-electron chi connectivity index (χ2n) is 2.73. The van der Waals surface area contributed by atoms with E-state index in [1.165, 1.54) is 7.11 Å². The Morgan fingerprint density at radius 3 is 2.31 bits per heavy atom. The van der Waals surface area contributed by atoms with E-state index in [9.17, 15) is 4.79 Å². The van der Waals surface area contributed by atoms with E-state index in [2.05, 4.69) is 20.7 Å². The number of methoxy groups -OCH3 is 1. The van der Waals surface area contributed by atoms with Gasteiger partial charge in [-0.3, -0.25) is 0 Å². The molecule has 1 aromatic rings. The lowest BCUT2D eigenvalue weighted by Gasteiger charge is -2.04. The molecule has 0 aliphatic rings. The van der Waals surface area contributed by atoms with Crippen molar-refractivity contribution in [1.29, 1.82) is 0 Å². The highest BCUT2D eigenvalue weighted by atomic mass is 79.9. The summed E-state index contributed by atoms with van der Waals surface area (Å²) in [6, 6.07) is 7.34. The number of hydrogen-bond donors (Lipinski definition) is 0. The third-order valence-corrected chi connectivity index (χ3v) is 2.32. The Balaban J connectivity index is 2.87. The molecule has 1 rings (SSSR count). The molecule has 0 aliphatic carbocycles. The molecule has 0 aromatic heterocycles. The molecule has 2 nitrogen and oxygen atoms in total. The van der Waals surface area contributed by atoms with Gasteiger partial charge in [-0.1, -0.05) is 28.1 Å². The van der Waals surface area contributed by atoms with E-state index in [1.54, 1.807) is 12.1 Å². The van der Waals surface area contributed by atoms with Crippen LogP contribution in [0.15, 0.2) is 24.3 Å². The van der Waals surface area contributed by atoms with Crippen LogP contribution in [-0.4, -0.2) is 13.1 Å². The lowest BCUT2D eigenvalue weighted by Crippen LogP contribution is -2.00. The maximum absolute atomic E-state index is 11.1. The van der Waals surface area contributed by atoms with Crippen LogP contribution in [0.2, 0.25) is 0 Å². The number of rotatable bonds is 2. The first-order valence-electron chi connectivity index (χ1n) is 3.97. The molecule has 1 aromatic carbocycles. The first-order chi connectivity index (χ1) is 6.15. The summed E-state index contributed by atoms with van der Waals surface area (Å²) in [5, 5.41) is 0. The van der Waals surface area contributed by atoms with Gasteiger partial charge in [-0.05, 0) is 24.6 Å². The Hall–Kier alpha value is -0.830. The number of ether oxygens (including phenoxy) is 1. The van der Waals surface area contributed by atoms with E-state index >= 15 is 0 Å². The molecule has 1 atom stereocenters. The van der Waals surface area contributed by atoms with Crippen molar-refractivity contribution in [1.82, 2.24) is 0 Å². The summed E-state index contributed by atoms with van der Waals surface area (Å²) in [6.07, 6.45) is 0. The van der Waals surface area contributed by atoms with Crippen LogP contribution in [0.5, 0.6) is 0 Å². The van der Waals surface area contributed by atoms with Gasteiger partial charge in [0.2, 0.25) is 0 Å². The molecule has 3 heteroatoms. The molecule has 0 aliphatic heterocycles. The van der Waals surface area contributed by atoms with E-state index in [1.807, 2.05) is 19.1 Å². The summed E-state index contributed by atoms with van der Waals surface area (Å²) < 4.78 is 4.59. The molecule has 70 valence electrons. The fourth-order valence-electron chi connectivity index (χ4n) is 1.00.